The number of esters is 2. The molecule has 0 saturated heterocycles. The van der Waals surface area contributed by atoms with E-state index < -0.39 is 51.1 Å². The third-order valence-electron chi connectivity index (χ3n) is 8.76. The highest BCUT2D eigenvalue weighted by Crippen LogP contribution is 2.43. The number of carboxylic acids is 1. The molecule has 0 rings (SSSR count). The lowest BCUT2D eigenvalue weighted by atomic mass is 10.1. The first-order chi connectivity index (χ1) is 24.6. The standard InChI is InChI=1S/C39H74NO10P/c1-3-5-7-9-11-13-14-15-16-17-18-19-20-21-22-23-25-27-29-31-38(42)50-35(33-48-51(45,46)49-34-36(40)39(43)44)32-47-37(41)30-28-26-24-12-10-8-6-4-2/h15-16,35-36H,3-14,17-34,40H2,1-2H3,(H,43,44)(H,45,46)/b16-15-. The predicted molar refractivity (Wildman–Crippen MR) is 203 cm³/mol. The Balaban J connectivity index is 4.29. The number of carboxylic acid groups (broad SMARTS) is 1. The Morgan fingerprint density at radius 3 is 1.43 bits per heavy atom. The summed E-state index contributed by atoms with van der Waals surface area (Å²) in [7, 11) is -4.70. The number of rotatable bonds is 38. The fourth-order valence-corrected chi connectivity index (χ4v) is 6.31. The number of hydrogen-bond donors (Lipinski definition) is 3. The van der Waals surface area contributed by atoms with E-state index in [4.69, 9.17) is 24.8 Å². The highest BCUT2D eigenvalue weighted by atomic mass is 31.2. The molecule has 3 unspecified atom stereocenters. The van der Waals surface area contributed by atoms with Crippen LogP contribution in [0.2, 0.25) is 0 Å². The molecule has 11 nitrogen and oxygen atoms in total. The van der Waals surface area contributed by atoms with Crippen molar-refractivity contribution in [3.05, 3.63) is 12.2 Å². The van der Waals surface area contributed by atoms with E-state index in [1.807, 2.05) is 0 Å². The van der Waals surface area contributed by atoms with Gasteiger partial charge in [-0.05, 0) is 38.5 Å². The summed E-state index contributed by atoms with van der Waals surface area (Å²) in [5.41, 5.74) is 5.31. The number of nitrogens with two attached hydrogens (primary N) is 1. The van der Waals surface area contributed by atoms with Gasteiger partial charge in [-0.25, -0.2) is 4.57 Å². The van der Waals surface area contributed by atoms with E-state index in [1.54, 1.807) is 0 Å². The van der Waals surface area contributed by atoms with Gasteiger partial charge >= 0.3 is 25.7 Å². The number of carbonyl (C=O) groups excluding carboxylic acids is 2. The van der Waals surface area contributed by atoms with Crippen molar-refractivity contribution in [2.45, 2.75) is 199 Å². The Morgan fingerprint density at radius 1 is 0.588 bits per heavy atom. The van der Waals surface area contributed by atoms with Crippen LogP contribution in [0.1, 0.15) is 187 Å². The van der Waals surface area contributed by atoms with Gasteiger partial charge in [0.05, 0.1) is 13.2 Å². The topological polar surface area (TPSA) is 172 Å². The van der Waals surface area contributed by atoms with Gasteiger partial charge < -0.3 is 25.2 Å². The Hall–Kier alpha value is -1.78. The largest absolute Gasteiger partial charge is 0.480 e. The summed E-state index contributed by atoms with van der Waals surface area (Å²) in [4.78, 5) is 45.7. The molecule has 300 valence electrons. The smallest absolute Gasteiger partial charge is 0.472 e. The first-order valence-electron chi connectivity index (χ1n) is 20.2. The molecule has 0 aliphatic rings. The number of carbonyl (C=O) groups is 3. The molecule has 0 saturated carbocycles. The zero-order valence-corrected chi connectivity index (χ0v) is 33.1. The average Bonchev–Trinajstić information content (AvgIpc) is 3.10. The maximum Gasteiger partial charge on any atom is 0.472 e. The van der Waals surface area contributed by atoms with Crippen molar-refractivity contribution < 1.29 is 47.5 Å². The lowest BCUT2D eigenvalue weighted by molar-refractivity contribution is -0.161. The maximum atomic E-state index is 12.6. The van der Waals surface area contributed by atoms with Gasteiger partial charge in [0, 0.05) is 12.8 Å². The molecule has 51 heavy (non-hydrogen) atoms. The molecule has 0 radical (unpaired) electrons. The van der Waals surface area contributed by atoms with Gasteiger partial charge in [-0.3, -0.25) is 23.4 Å². The van der Waals surface area contributed by atoms with Crippen LogP contribution in [0.3, 0.4) is 0 Å². The minimum absolute atomic E-state index is 0.163. The van der Waals surface area contributed by atoms with Gasteiger partial charge in [0.1, 0.15) is 12.6 Å². The van der Waals surface area contributed by atoms with Gasteiger partial charge in [-0.15, -0.1) is 0 Å². The van der Waals surface area contributed by atoms with Gasteiger partial charge in [0.15, 0.2) is 6.10 Å². The molecule has 0 aliphatic carbocycles. The summed E-state index contributed by atoms with van der Waals surface area (Å²) >= 11 is 0. The van der Waals surface area contributed by atoms with Crippen molar-refractivity contribution in [2.75, 3.05) is 19.8 Å². The Kier molecular flexibility index (Phi) is 34.0. The van der Waals surface area contributed by atoms with Crippen molar-refractivity contribution in [3.8, 4) is 0 Å². The second-order valence-electron chi connectivity index (χ2n) is 13.8. The molecule has 0 aromatic rings. The molecular weight excluding hydrogens is 673 g/mol. The summed E-state index contributed by atoms with van der Waals surface area (Å²) in [5, 5.41) is 8.85. The number of ether oxygens (including phenoxy) is 2. The van der Waals surface area contributed by atoms with E-state index in [-0.39, 0.29) is 19.4 Å². The van der Waals surface area contributed by atoms with Crippen LogP contribution < -0.4 is 5.73 Å². The minimum atomic E-state index is -4.70. The molecule has 0 bridgehead atoms. The second-order valence-corrected chi connectivity index (χ2v) is 15.2. The third kappa shape index (κ3) is 35.0. The minimum Gasteiger partial charge on any atom is -0.480 e. The molecule has 0 amide bonds. The molecule has 3 atom stereocenters. The molecule has 0 aromatic heterocycles. The molecule has 0 spiro atoms. The van der Waals surface area contributed by atoms with Gasteiger partial charge in [0.2, 0.25) is 0 Å². The number of hydrogen-bond acceptors (Lipinski definition) is 9. The van der Waals surface area contributed by atoms with Crippen molar-refractivity contribution in [2.24, 2.45) is 5.73 Å². The van der Waals surface area contributed by atoms with E-state index in [1.165, 1.54) is 109 Å². The van der Waals surface area contributed by atoms with Crippen LogP contribution in [0.15, 0.2) is 12.2 Å². The van der Waals surface area contributed by atoms with Crippen molar-refractivity contribution >= 4 is 25.7 Å². The predicted octanol–water partition coefficient (Wildman–Crippen LogP) is 10.1. The molecule has 0 fully saturated rings. The van der Waals surface area contributed by atoms with Crippen molar-refractivity contribution in [3.63, 3.8) is 0 Å². The van der Waals surface area contributed by atoms with Crippen LogP contribution >= 0.6 is 7.82 Å². The monoisotopic (exact) mass is 748 g/mol. The number of aliphatic carboxylic acids is 1. The van der Waals surface area contributed by atoms with Crippen LogP contribution in [0.25, 0.3) is 0 Å². The highest BCUT2D eigenvalue weighted by molar-refractivity contribution is 7.47. The van der Waals surface area contributed by atoms with E-state index >= 15 is 0 Å². The molecule has 12 heteroatoms. The number of phosphoric ester groups is 1. The van der Waals surface area contributed by atoms with Crippen molar-refractivity contribution in [1.29, 1.82) is 0 Å². The summed E-state index contributed by atoms with van der Waals surface area (Å²) in [6, 6.07) is -1.52. The fraction of sp³-hybridized carbons (Fsp3) is 0.872. The van der Waals surface area contributed by atoms with Crippen LogP contribution in [-0.2, 0) is 37.5 Å². The molecule has 0 heterocycles. The fourth-order valence-electron chi connectivity index (χ4n) is 5.53. The van der Waals surface area contributed by atoms with Crippen LogP contribution in [0, 0.1) is 0 Å². The Labute approximate surface area is 309 Å². The molecule has 0 aromatic carbocycles. The average molecular weight is 748 g/mol. The van der Waals surface area contributed by atoms with Crippen LogP contribution in [-0.4, -0.2) is 59.9 Å². The quantitative estimate of drug-likeness (QED) is 0.0237. The van der Waals surface area contributed by atoms with E-state index in [9.17, 15) is 23.8 Å². The van der Waals surface area contributed by atoms with E-state index in [0.717, 1.165) is 38.5 Å². The van der Waals surface area contributed by atoms with Crippen molar-refractivity contribution in [1.82, 2.24) is 0 Å². The lowest BCUT2D eigenvalue weighted by Crippen LogP contribution is -2.34. The van der Waals surface area contributed by atoms with Gasteiger partial charge in [0.25, 0.3) is 0 Å². The summed E-state index contributed by atoms with van der Waals surface area (Å²) < 4.78 is 32.5. The normalized spacial score (nSPS) is 14.0. The van der Waals surface area contributed by atoms with Crippen LogP contribution in [0.5, 0.6) is 0 Å². The first kappa shape index (κ1) is 49.2. The summed E-state index contributed by atoms with van der Waals surface area (Å²) in [5.74, 6) is -2.38. The first-order valence-corrected chi connectivity index (χ1v) is 21.7. The highest BCUT2D eigenvalue weighted by Gasteiger charge is 2.28. The lowest BCUT2D eigenvalue weighted by Gasteiger charge is -2.20. The second kappa shape index (κ2) is 35.3. The number of phosphoric acid groups is 1. The zero-order valence-electron chi connectivity index (χ0n) is 32.2. The van der Waals surface area contributed by atoms with Gasteiger partial charge in [-0.2, -0.15) is 0 Å². The summed E-state index contributed by atoms with van der Waals surface area (Å²) in [6.45, 7) is 2.76. The Bertz CT molecular complexity index is 932. The molecular formula is C39H74NO10P. The summed E-state index contributed by atoms with van der Waals surface area (Å²) in [6.07, 6.45) is 33.0. The third-order valence-corrected chi connectivity index (χ3v) is 9.71. The van der Waals surface area contributed by atoms with E-state index in [2.05, 4.69) is 30.5 Å². The molecule has 4 N–H and O–H groups in total. The zero-order chi connectivity index (χ0) is 37.8. The van der Waals surface area contributed by atoms with E-state index in [0.29, 0.717) is 12.8 Å². The van der Waals surface area contributed by atoms with Gasteiger partial charge in [-0.1, -0.05) is 148 Å². The molecule has 0 aliphatic heterocycles. The van der Waals surface area contributed by atoms with Crippen LogP contribution in [0.4, 0.5) is 0 Å². The number of unbranched alkanes of at least 4 members (excludes halogenated alkanes) is 22. The number of allylic oxidation sites excluding steroid dienone is 2. The maximum absolute atomic E-state index is 12.6. The Morgan fingerprint density at radius 2 is 0.980 bits per heavy atom. The SMILES string of the molecule is CCCCCCCC/C=C\CCCCCCCCCCCC(=O)OC(COC(=O)CCCCCCCCCC)COP(=O)(O)OCC(N)C(=O)O.